The van der Waals surface area contributed by atoms with E-state index >= 15 is 0 Å². The Morgan fingerprint density at radius 2 is 1.87 bits per heavy atom. The molecule has 0 unspecified atom stereocenters. The molecular weight excluding hydrogens is 191 g/mol. The Morgan fingerprint density at radius 1 is 1.13 bits per heavy atom. The zero-order valence-electron chi connectivity index (χ0n) is 8.54. The van der Waals surface area contributed by atoms with Crippen LogP contribution in [0.2, 0.25) is 6.32 Å². The second kappa shape index (κ2) is 7.23. The number of allylic oxidation sites excluding steroid dienone is 1. The van der Waals surface area contributed by atoms with Gasteiger partial charge in [-0.05, 0) is 5.56 Å². The quantitative estimate of drug-likeness (QED) is 0.418. The van der Waals surface area contributed by atoms with Gasteiger partial charge in [0.15, 0.2) is 0 Å². The van der Waals surface area contributed by atoms with Crippen LogP contribution in [0.3, 0.4) is 0 Å². The van der Waals surface area contributed by atoms with Crippen LogP contribution in [0.4, 0.5) is 0 Å². The fourth-order valence-electron chi connectivity index (χ4n) is 1.11. The summed E-state index contributed by atoms with van der Waals surface area (Å²) in [5.74, 6) is 0. The molecule has 0 heterocycles. The first-order valence-corrected chi connectivity index (χ1v) is 4.92. The Hall–Kier alpha value is -1.10. The number of hydrogen-bond acceptors (Lipinski definition) is 3. The Kier molecular flexibility index (Phi) is 5.77. The smallest absolute Gasteiger partial charge is 0.427 e. The van der Waals surface area contributed by atoms with Crippen molar-refractivity contribution < 1.29 is 14.8 Å². The summed E-state index contributed by atoms with van der Waals surface area (Å²) in [5, 5.41) is 17.1. The topological polar surface area (TPSA) is 49.7 Å². The van der Waals surface area contributed by atoms with Crippen molar-refractivity contribution in [1.82, 2.24) is 0 Å². The van der Waals surface area contributed by atoms with E-state index in [2.05, 4.69) is 0 Å². The van der Waals surface area contributed by atoms with Crippen LogP contribution in [-0.2, 0) is 11.3 Å². The maximum Gasteiger partial charge on any atom is 0.455 e. The summed E-state index contributed by atoms with van der Waals surface area (Å²) >= 11 is 0. The molecule has 0 spiro atoms. The Labute approximate surface area is 90.2 Å². The lowest BCUT2D eigenvalue weighted by Gasteiger charge is -2.00. The van der Waals surface area contributed by atoms with Crippen LogP contribution in [0.5, 0.6) is 0 Å². The van der Waals surface area contributed by atoms with E-state index in [4.69, 9.17) is 14.8 Å². The van der Waals surface area contributed by atoms with Crippen molar-refractivity contribution in [2.45, 2.75) is 12.9 Å². The molecule has 3 nitrogen and oxygen atoms in total. The summed E-state index contributed by atoms with van der Waals surface area (Å²) in [7, 11) is -1.27. The summed E-state index contributed by atoms with van der Waals surface area (Å²) in [6, 6.07) is 9.90. The predicted octanol–water partition coefficient (Wildman–Crippen LogP) is 1.23. The summed E-state index contributed by atoms with van der Waals surface area (Å²) in [4.78, 5) is 0. The molecule has 0 fully saturated rings. The fourth-order valence-corrected chi connectivity index (χ4v) is 1.11. The van der Waals surface area contributed by atoms with Gasteiger partial charge in [-0.15, -0.1) is 0 Å². The minimum Gasteiger partial charge on any atom is -0.427 e. The van der Waals surface area contributed by atoms with E-state index in [0.29, 0.717) is 13.2 Å². The van der Waals surface area contributed by atoms with E-state index in [1.54, 1.807) is 12.2 Å². The van der Waals surface area contributed by atoms with Crippen molar-refractivity contribution in [1.29, 1.82) is 0 Å². The first kappa shape index (κ1) is 12.0. The molecule has 80 valence electrons. The molecule has 0 aliphatic heterocycles. The Bertz CT molecular complexity index is 285. The molecule has 0 saturated carbocycles. The van der Waals surface area contributed by atoms with Gasteiger partial charge in [0.25, 0.3) is 0 Å². The molecule has 2 N–H and O–H groups in total. The average Bonchev–Trinajstić information content (AvgIpc) is 2.24. The normalized spacial score (nSPS) is 10.8. The highest BCUT2D eigenvalue weighted by Gasteiger charge is 2.00. The van der Waals surface area contributed by atoms with Gasteiger partial charge in [0.1, 0.15) is 0 Å². The van der Waals surface area contributed by atoms with Gasteiger partial charge >= 0.3 is 7.12 Å². The van der Waals surface area contributed by atoms with Crippen LogP contribution in [0.1, 0.15) is 5.56 Å². The zero-order valence-corrected chi connectivity index (χ0v) is 8.54. The molecule has 0 aliphatic rings. The fraction of sp³-hybridized carbons (Fsp3) is 0.273. The van der Waals surface area contributed by atoms with Gasteiger partial charge in [0.2, 0.25) is 0 Å². The molecule has 0 bridgehead atoms. The summed E-state index contributed by atoms with van der Waals surface area (Å²) < 4.78 is 5.35. The monoisotopic (exact) mass is 206 g/mol. The first-order valence-electron chi connectivity index (χ1n) is 4.92. The summed E-state index contributed by atoms with van der Waals surface area (Å²) in [6.45, 7) is 1.06. The molecule has 15 heavy (non-hydrogen) atoms. The van der Waals surface area contributed by atoms with Gasteiger partial charge in [-0.2, -0.15) is 0 Å². The molecule has 1 aromatic carbocycles. The number of ether oxygens (including phenoxy) is 1. The molecule has 4 heteroatoms. The minimum atomic E-state index is -1.27. The van der Waals surface area contributed by atoms with Crippen LogP contribution in [0.25, 0.3) is 0 Å². The molecule has 1 rings (SSSR count). The van der Waals surface area contributed by atoms with Crippen molar-refractivity contribution in [2.75, 3.05) is 6.61 Å². The van der Waals surface area contributed by atoms with Crippen molar-refractivity contribution in [3.8, 4) is 0 Å². The Balaban J connectivity index is 2.10. The lowest BCUT2D eigenvalue weighted by Crippen LogP contribution is -2.07. The second-order valence-electron chi connectivity index (χ2n) is 3.19. The maximum absolute atomic E-state index is 8.55. The highest BCUT2D eigenvalue weighted by atomic mass is 16.5. The summed E-state index contributed by atoms with van der Waals surface area (Å²) in [5.41, 5.74) is 1.13. The minimum absolute atomic E-state index is 0.245. The molecule has 0 radical (unpaired) electrons. The van der Waals surface area contributed by atoms with Crippen LogP contribution in [0, 0.1) is 0 Å². The molecule has 0 amide bonds. The van der Waals surface area contributed by atoms with E-state index in [9.17, 15) is 0 Å². The van der Waals surface area contributed by atoms with E-state index < -0.39 is 7.12 Å². The second-order valence-corrected chi connectivity index (χ2v) is 3.19. The lowest BCUT2D eigenvalue weighted by atomic mass is 9.86. The molecule has 1 aromatic rings. The third-order valence-corrected chi connectivity index (χ3v) is 1.84. The molecule has 0 atom stereocenters. The van der Waals surface area contributed by atoms with Gasteiger partial charge in [-0.25, -0.2) is 0 Å². The summed E-state index contributed by atoms with van der Waals surface area (Å²) in [6.07, 6.45) is 3.72. The van der Waals surface area contributed by atoms with Crippen molar-refractivity contribution in [2.24, 2.45) is 0 Å². The van der Waals surface area contributed by atoms with Gasteiger partial charge in [0, 0.05) is 6.32 Å². The average molecular weight is 206 g/mol. The van der Waals surface area contributed by atoms with Crippen LogP contribution >= 0.6 is 0 Å². The van der Waals surface area contributed by atoms with Crippen molar-refractivity contribution in [3.05, 3.63) is 48.0 Å². The van der Waals surface area contributed by atoms with Crippen molar-refractivity contribution >= 4 is 7.12 Å². The van der Waals surface area contributed by atoms with E-state index in [1.807, 2.05) is 30.3 Å². The molecular formula is C11H15BO3. The van der Waals surface area contributed by atoms with E-state index in [-0.39, 0.29) is 6.32 Å². The molecule has 0 aromatic heterocycles. The lowest BCUT2D eigenvalue weighted by molar-refractivity contribution is 0.148. The van der Waals surface area contributed by atoms with Crippen LogP contribution in [-0.4, -0.2) is 23.8 Å². The van der Waals surface area contributed by atoms with Gasteiger partial charge < -0.3 is 14.8 Å². The third-order valence-electron chi connectivity index (χ3n) is 1.84. The van der Waals surface area contributed by atoms with E-state index in [1.165, 1.54) is 0 Å². The molecule has 0 saturated heterocycles. The predicted molar refractivity (Wildman–Crippen MR) is 60.2 cm³/mol. The third kappa shape index (κ3) is 6.07. The van der Waals surface area contributed by atoms with Crippen LogP contribution in [0.15, 0.2) is 42.5 Å². The number of benzene rings is 1. The van der Waals surface area contributed by atoms with Crippen LogP contribution < -0.4 is 0 Å². The number of hydrogen-bond donors (Lipinski definition) is 2. The zero-order chi connectivity index (χ0) is 10.9. The van der Waals surface area contributed by atoms with E-state index in [0.717, 1.165) is 5.56 Å². The maximum atomic E-state index is 8.55. The van der Waals surface area contributed by atoms with Gasteiger partial charge in [-0.3, -0.25) is 0 Å². The van der Waals surface area contributed by atoms with Crippen molar-refractivity contribution in [3.63, 3.8) is 0 Å². The first-order chi connectivity index (χ1) is 7.29. The highest BCUT2D eigenvalue weighted by Crippen LogP contribution is 2.00. The molecule has 0 aliphatic carbocycles. The standard InChI is InChI=1S/C11H15BO3/c13-12(14)8-4-5-9-15-10-11-6-2-1-3-7-11/h1-7,13-14H,8-10H2/b5-4+. The Morgan fingerprint density at radius 3 is 2.53 bits per heavy atom. The van der Waals surface area contributed by atoms with Gasteiger partial charge in [0.05, 0.1) is 13.2 Å². The van der Waals surface area contributed by atoms with Gasteiger partial charge in [-0.1, -0.05) is 42.5 Å². The largest absolute Gasteiger partial charge is 0.455 e. The SMILES string of the molecule is OB(O)C/C=C/COCc1ccccc1. The number of rotatable bonds is 6. The highest BCUT2D eigenvalue weighted by molar-refractivity contribution is 6.41.